The van der Waals surface area contributed by atoms with Crippen molar-refractivity contribution >= 4 is 29.4 Å². The lowest BCUT2D eigenvalue weighted by Crippen LogP contribution is -2.56. The van der Waals surface area contributed by atoms with Crippen LogP contribution in [0.25, 0.3) is 0 Å². The van der Waals surface area contributed by atoms with Crippen molar-refractivity contribution in [2.45, 2.75) is 52.4 Å². The molecule has 0 bridgehead atoms. The minimum Gasteiger partial charge on any atom is -0.459 e. The smallest absolute Gasteiger partial charge is 0.408 e. The third kappa shape index (κ3) is 6.99. The fourth-order valence-corrected chi connectivity index (χ4v) is 3.52. The first-order valence-corrected chi connectivity index (χ1v) is 10.6. The van der Waals surface area contributed by atoms with E-state index in [9.17, 15) is 9.59 Å². The average molecular weight is 439 g/mol. The van der Waals surface area contributed by atoms with Crippen LogP contribution in [-0.4, -0.2) is 55.1 Å². The Kier molecular flexibility index (Phi) is 8.67. The maximum Gasteiger partial charge on any atom is 0.408 e. The zero-order chi connectivity index (χ0) is 22.2. The number of hydrogen-bond acceptors (Lipinski definition) is 6. The summed E-state index contributed by atoms with van der Waals surface area (Å²) in [5.74, 6) is -0.309. The highest BCUT2D eigenvalue weighted by Crippen LogP contribution is 2.36. The summed E-state index contributed by atoms with van der Waals surface area (Å²) in [6, 6.07) is 8.44. The number of alkyl halides is 1. The Hall–Kier alpha value is -2.12. The molecule has 166 valence electrons. The Morgan fingerprint density at radius 1 is 1.27 bits per heavy atom. The number of carbonyl (C=O) groups excluding carboxylic acids is 2. The summed E-state index contributed by atoms with van der Waals surface area (Å²) in [6.07, 6.45) is -0.412. The van der Waals surface area contributed by atoms with Gasteiger partial charge in [0.25, 0.3) is 0 Å². The van der Waals surface area contributed by atoms with Crippen LogP contribution in [0.1, 0.15) is 39.7 Å². The molecule has 2 rings (SSSR count). The van der Waals surface area contributed by atoms with E-state index in [1.54, 1.807) is 20.8 Å². The van der Waals surface area contributed by atoms with E-state index >= 15 is 0 Å². The van der Waals surface area contributed by atoms with Crippen LogP contribution < -0.4 is 5.32 Å². The van der Waals surface area contributed by atoms with E-state index in [0.717, 1.165) is 11.3 Å². The third-order valence-electron chi connectivity index (χ3n) is 4.64. The summed E-state index contributed by atoms with van der Waals surface area (Å²) < 4.78 is 16.2. The lowest BCUT2D eigenvalue weighted by atomic mass is 9.75. The van der Waals surface area contributed by atoms with Crippen LogP contribution in [0.2, 0.25) is 0 Å². The lowest BCUT2D eigenvalue weighted by Gasteiger charge is -2.43. The van der Waals surface area contributed by atoms with Crippen molar-refractivity contribution in [3.05, 3.63) is 35.9 Å². The SMILES string of the molecule is CCN=C(CCl)C1(C[C@H](NC(=O)OC(C)(C)C)C(=O)OCc2ccccc2)COC1. The first-order chi connectivity index (χ1) is 14.2. The first-order valence-electron chi connectivity index (χ1n) is 10.1. The van der Waals surface area contributed by atoms with Gasteiger partial charge in [0.05, 0.1) is 24.5 Å². The maximum absolute atomic E-state index is 12.9. The molecule has 0 unspecified atom stereocenters. The second kappa shape index (κ2) is 10.8. The minimum atomic E-state index is -0.919. The van der Waals surface area contributed by atoms with Gasteiger partial charge in [0.2, 0.25) is 0 Å². The highest BCUT2D eigenvalue weighted by atomic mass is 35.5. The minimum absolute atomic E-state index is 0.112. The van der Waals surface area contributed by atoms with Crippen LogP contribution in [0.4, 0.5) is 4.79 Å². The molecule has 1 atom stereocenters. The average Bonchev–Trinajstić information content (AvgIpc) is 2.65. The molecule has 7 nitrogen and oxygen atoms in total. The first kappa shape index (κ1) is 24.2. The van der Waals surface area contributed by atoms with Crippen LogP contribution in [0.3, 0.4) is 0 Å². The summed E-state index contributed by atoms with van der Waals surface area (Å²) in [4.78, 5) is 29.8. The van der Waals surface area contributed by atoms with E-state index < -0.39 is 29.1 Å². The molecule has 0 spiro atoms. The molecular formula is C22H31ClN2O5. The second-order valence-corrected chi connectivity index (χ2v) is 8.59. The van der Waals surface area contributed by atoms with E-state index in [0.29, 0.717) is 19.8 Å². The van der Waals surface area contributed by atoms with Crippen molar-refractivity contribution in [1.82, 2.24) is 5.32 Å². The molecule has 1 aromatic carbocycles. The lowest BCUT2D eigenvalue weighted by molar-refractivity contribution is -0.150. The molecule has 1 aliphatic rings. The number of hydrogen-bond donors (Lipinski definition) is 1. The zero-order valence-electron chi connectivity index (χ0n) is 18.1. The molecule has 1 fully saturated rings. The molecule has 8 heteroatoms. The normalized spacial score (nSPS) is 16.9. The van der Waals surface area contributed by atoms with Crippen LogP contribution in [-0.2, 0) is 25.6 Å². The van der Waals surface area contributed by atoms with Crippen molar-refractivity contribution in [2.75, 3.05) is 25.6 Å². The van der Waals surface area contributed by atoms with E-state index in [-0.39, 0.29) is 18.9 Å². The Morgan fingerprint density at radius 2 is 1.93 bits per heavy atom. The molecule has 1 N–H and O–H groups in total. The number of aliphatic imine (C=N–C) groups is 1. The van der Waals surface area contributed by atoms with Gasteiger partial charge in [-0.1, -0.05) is 30.3 Å². The van der Waals surface area contributed by atoms with Gasteiger partial charge >= 0.3 is 12.1 Å². The summed E-state index contributed by atoms with van der Waals surface area (Å²) in [5, 5.41) is 2.67. The van der Waals surface area contributed by atoms with Crippen LogP contribution in [0.15, 0.2) is 35.3 Å². The van der Waals surface area contributed by atoms with Crippen molar-refractivity contribution in [2.24, 2.45) is 10.4 Å². The molecular weight excluding hydrogens is 408 g/mol. The largest absolute Gasteiger partial charge is 0.459 e. The van der Waals surface area contributed by atoms with Gasteiger partial charge in [0.1, 0.15) is 18.2 Å². The fraction of sp³-hybridized carbons (Fsp3) is 0.591. The third-order valence-corrected chi connectivity index (χ3v) is 4.89. The monoisotopic (exact) mass is 438 g/mol. The molecule has 1 heterocycles. The number of ether oxygens (including phenoxy) is 3. The fourth-order valence-electron chi connectivity index (χ4n) is 3.16. The molecule has 1 amide bonds. The van der Waals surface area contributed by atoms with Crippen LogP contribution in [0.5, 0.6) is 0 Å². The number of amides is 1. The molecule has 1 aliphatic heterocycles. The summed E-state index contributed by atoms with van der Waals surface area (Å²) in [5.41, 5.74) is 0.427. The number of carbonyl (C=O) groups is 2. The van der Waals surface area contributed by atoms with Crippen LogP contribution >= 0.6 is 11.6 Å². The number of rotatable bonds is 9. The van der Waals surface area contributed by atoms with Gasteiger partial charge < -0.3 is 19.5 Å². The number of esters is 1. The highest BCUT2D eigenvalue weighted by Gasteiger charge is 2.46. The van der Waals surface area contributed by atoms with Gasteiger partial charge in [-0.15, -0.1) is 11.6 Å². The molecule has 1 saturated heterocycles. The Balaban J connectivity index is 2.16. The van der Waals surface area contributed by atoms with Crippen molar-refractivity contribution in [1.29, 1.82) is 0 Å². The number of benzene rings is 1. The van der Waals surface area contributed by atoms with Crippen LogP contribution in [0, 0.1) is 5.41 Å². The van der Waals surface area contributed by atoms with Gasteiger partial charge in [-0.25, -0.2) is 9.59 Å². The quantitative estimate of drug-likeness (QED) is 0.360. The van der Waals surface area contributed by atoms with Gasteiger partial charge in [-0.3, -0.25) is 4.99 Å². The van der Waals surface area contributed by atoms with Crippen molar-refractivity contribution in [3.63, 3.8) is 0 Å². The van der Waals surface area contributed by atoms with Crippen molar-refractivity contribution < 1.29 is 23.8 Å². The van der Waals surface area contributed by atoms with Gasteiger partial charge in [0, 0.05) is 12.3 Å². The Morgan fingerprint density at radius 3 is 2.43 bits per heavy atom. The molecule has 0 aromatic heterocycles. The summed E-state index contributed by atoms with van der Waals surface area (Å²) in [6.45, 7) is 8.66. The molecule has 0 saturated carbocycles. The van der Waals surface area contributed by atoms with E-state index in [4.69, 9.17) is 25.8 Å². The number of halogens is 1. The predicted octanol–water partition coefficient (Wildman–Crippen LogP) is 3.73. The van der Waals surface area contributed by atoms with E-state index in [2.05, 4.69) is 10.3 Å². The number of alkyl carbamates (subject to hydrolysis) is 1. The number of nitrogens with one attached hydrogen (secondary N) is 1. The Labute approximate surface area is 183 Å². The molecule has 30 heavy (non-hydrogen) atoms. The number of nitrogens with zero attached hydrogens (tertiary/aromatic N) is 1. The Bertz CT molecular complexity index is 742. The van der Waals surface area contributed by atoms with E-state index in [1.807, 2.05) is 37.3 Å². The molecule has 1 aromatic rings. The maximum atomic E-state index is 12.9. The standard InChI is InChI=1S/C22H31ClN2O5/c1-5-24-18(12-23)22(14-28-15-22)11-17(25-20(27)30-21(2,3)4)19(26)29-13-16-9-7-6-8-10-16/h6-10,17H,5,11-15H2,1-4H3,(H,25,27)/t17-/m0/s1. The zero-order valence-corrected chi connectivity index (χ0v) is 18.8. The van der Waals surface area contributed by atoms with E-state index in [1.165, 1.54) is 0 Å². The summed E-state index contributed by atoms with van der Waals surface area (Å²) in [7, 11) is 0. The highest BCUT2D eigenvalue weighted by molar-refractivity contribution is 6.29. The predicted molar refractivity (Wildman–Crippen MR) is 116 cm³/mol. The second-order valence-electron chi connectivity index (χ2n) is 8.32. The van der Waals surface area contributed by atoms with Gasteiger partial charge in [-0.2, -0.15) is 0 Å². The van der Waals surface area contributed by atoms with Gasteiger partial charge in [-0.05, 0) is 39.7 Å². The topological polar surface area (TPSA) is 86.2 Å². The summed E-state index contributed by atoms with van der Waals surface area (Å²) >= 11 is 6.13. The molecule has 0 radical (unpaired) electrons. The van der Waals surface area contributed by atoms with Crippen molar-refractivity contribution in [3.8, 4) is 0 Å². The van der Waals surface area contributed by atoms with Gasteiger partial charge in [0.15, 0.2) is 0 Å². The molecule has 0 aliphatic carbocycles.